The van der Waals surface area contributed by atoms with E-state index in [1.165, 1.54) is 6.92 Å². The topological polar surface area (TPSA) is 20.2 Å². The molecule has 18 heavy (non-hydrogen) atoms. The molecule has 1 aromatic rings. The summed E-state index contributed by atoms with van der Waals surface area (Å²) in [7, 11) is 0. The van der Waals surface area contributed by atoms with Gasteiger partial charge in [0, 0.05) is 0 Å². The highest BCUT2D eigenvalue weighted by Gasteiger charge is 2.44. The Labute approximate surface area is 99.0 Å². The largest absolute Gasteiger partial charge is 0.417 e. The quantitative estimate of drug-likeness (QED) is 0.812. The first-order valence-electron chi connectivity index (χ1n) is 5.03. The van der Waals surface area contributed by atoms with Crippen molar-refractivity contribution in [2.45, 2.75) is 32.3 Å². The maximum atomic E-state index is 12.8. The van der Waals surface area contributed by atoms with Crippen LogP contribution in [0.25, 0.3) is 0 Å². The standard InChI is InChI=1S/C11H10F6O/c1-2-7-6(5-18)3-4-8(10(12,13)14)9(7)11(15,16)17/h3-4,18H,2,5H2,1H3. The summed E-state index contributed by atoms with van der Waals surface area (Å²) in [5, 5.41) is 8.88. The second-order valence-corrected chi connectivity index (χ2v) is 3.63. The van der Waals surface area contributed by atoms with Crippen molar-refractivity contribution in [1.29, 1.82) is 0 Å². The summed E-state index contributed by atoms with van der Waals surface area (Å²) in [5.74, 6) is 0. The van der Waals surface area contributed by atoms with Crippen molar-refractivity contribution < 1.29 is 31.4 Å². The highest BCUT2D eigenvalue weighted by Crippen LogP contribution is 2.43. The maximum absolute atomic E-state index is 12.8. The van der Waals surface area contributed by atoms with Crippen LogP contribution in [0.4, 0.5) is 26.3 Å². The maximum Gasteiger partial charge on any atom is 0.417 e. The van der Waals surface area contributed by atoms with Gasteiger partial charge in [-0.1, -0.05) is 13.0 Å². The number of aliphatic hydroxyl groups excluding tert-OH is 1. The number of hydrogen-bond donors (Lipinski definition) is 1. The number of rotatable bonds is 2. The molecule has 7 heteroatoms. The van der Waals surface area contributed by atoms with Gasteiger partial charge in [0.1, 0.15) is 0 Å². The van der Waals surface area contributed by atoms with Crippen LogP contribution in [0, 0.1) is 0 Å². The molecular formula is C11H10F6O. The van der Waals surface area contributed by atoms with Crippen LogP contribution in [0.1, 0.15) is 29.2 Å². The van der Waals surface area contributed by atoms with Crippen molar-refractivity contribution >= 4 is 0 Å². The van der Waals surface area contributed by atoms with Gasteiger partial charge in [-0.3, -0.25) is 0 Å². The molecule has 0 aromatic heterocycles. The molecule has 0 unspecified atom stereocenters. The molecule has 0 fully saturated rings. The van der Waals surface area contributed by atoms with E-state index in [1.807, 2.05) is 0 Å². The van der Waals surface area contributed by atoms with Gasteiger partial charge in [0.05, 0.1) is 17.7 Å². The molecule has 0 bridgehead atoms. The molecule has 1 aromatic carbocycles. The van der Waals surface area contributed by atoms with Gasteiger partial charge in [-0.05, 0) is 23.6 Å². The Hall–Kier alpha value is -1.24. The van der Waals surface area contributed by atoms with Crippen molar-refractivity contribution in [2.24, 2.45) is 0 Å². The van der Waals surface area contributed by atoms with Gasteiger partial charge in [0.2, 0.25) is 0 Å². The zero-order valence-electron chi connectivity index (χ0n) is 9.28. The number of hydrogen-bond acceptors (Lipinski definition) is 1. The van der Waals surface area contributed by atoms with E-state index in [9.17, 15) is 26.3 Å². The number of aliphatic hydroxyl groups is 1. The van der Waals surface area contributed by atoms with E-state index in [1.54, 1.807) is 0 Å². The van der Waals surface area contributed by atoms with Gasteiger partial charge in [0.15, 0.2) is 0 Å². The molecular weight excluding hydrogens is 262 g/mol. The third-order valence-corrected chi connectivity index (χ3v) is 2.52. The van der Waals surface area contributed by atoms with Gasteiger partial charge in [0.25, 0.3) is 0 Å². The van der Waals surface area contributed by atoms with E-state index in [0.29, 0.717) is 6.07 Å². The third-order valence-electron chi connectivity index (χ3n) is 2.52. The van der Waals surface area contributed by atoms with E-state index in [4.69, 9.17) is 5.11 Å². The molecule has 0 saturated carbocycles. The fourth-order valence-corrected chi connectivity index (χ4v) is 1.80. The van der Waals surface area contributed by atoms with Crippen molar-refractivity contribution in [3.8, 4) is 0 Å². The molecule has 102 valence electrons. The Bertz CT molecular complexity index is 432. The molecule has 0 amide bonds. The first-order chi connectivity index (χ1) is 8.12. The fraction of sp³-hybridized carbons (Fsp3) is 0.455. The summed E-state index contributed by atoms with van der Waals surface area (Å²) in [5.41, 5.74) is -4.08. The molecule has 0 aliphatic carbocycles. The molecule has 0 spiro atoms. The van der Waals surface area contributed by atoms with Crippen LogP contribution >= 0.6 is 0 Å². The third kappa shape index (κ3) is 2.77. The van der Waals surface area contributed by atoms with Crippen LogP contribution in [-0.2, 0) is 25.4 Å². The SMILES string of the molecule is CCc1c(CO)ccc(C(F)(F)F)c1C(F)(F)F. The van der Waals surface area contributed by atoms with Gasteiger partial charge >= 0.3 is 12.4 Å². The van der Waals surface area contributed by atoms with Crippen LogP contribution in [0.5, 0.6) is 0 Å². The Kier molecular flexibility index (Phi) is 3.95. The van der Waals surface area contributed by atoms with Crippen molar-refractivity contribution in [3.63, 3.8) is 0 Å². The summed E-state index contributed by atoms with van der Waals surface area (Å²) in [6, 6.07) is 1.23. The van der Waals surface area contributed by atoms with Gasteiger partial charge in [-0.2, -0.15) is 26.3 Å². The highest BCUT2D eigenvalue weighted by atomic mass is 19.4. The minimum atomic E-state index is -5.11. The summed E-state index contributed by atoms with van der Waals surface area (Å²) in [4.78, 5) is 0. The lowest BCUT2D eigenvalue weighted by Crippen LogP contribution is -2.20. The summed E-state index contributed by atoms with van der Waals surface area (Å²) in [6.07, 6.45) is -10.4. The van der Waals surface area contributed by atoms with Crippen LogP contribution < -0.4 is 0 Å². The number of benzene rings is 1. The second kappa shape index (κ2) is 4.79. The minimum absolute atomic E-state index is 0.141. The van der Waals surface area contributed by atoms with Crippen molar-refractivity contribution in [1.82, 2.24) is 0 Å². The predicted octanol–water partition coefficient (Wildman–Crippen LogP) is 3.78. The molecule has 0 heterocycles. The molecule has 0 saturated heterocycles. The van der Waals surface area contributed by atoms with Gasteiger partial charge in [-0.15, -0.1) is 0 Å². The monoisotopic (exact) mass is 272 g/mol. The van der Waals surface area contributed by atoms with Gasteiger partial charge < -0.3 is 5.11 Å². The summed E-state index contributed by atoms with van der Waals surface area (Å²) >= 11 is 0. The van der Waals surface area contributed by atoms with Crippen LogP contribution in [-0.4, -0.2) is 5.11 Å². The Balaban J connectivity index is 3.66. The Morgan fingerprint density at radius 2 is 1.56 bits per heavy atom. The lowest BCUT2D eigenvalue weighted by atomic mass is 9.93. The van der Waals surface area contributed by atoms with Crippen molar-refractivity contribution in [3.05, 3.63) is 34.4 Å². The van der Waals surface area contributed by atoms with Crippen molar-refractivity contribution in [2.75, 3.05) is 0 Å². The average Bonchev–Trinajstić information content (AvgIpc) is 2.24. The molecule has 1 nitrogen and oxygen atoms in total. The Morgan fingerprint density at radius 1 is 1.00 bits per heavy atom. The van der Waals surface area contributed by atoms with Crippen LogP contribution in [0.3, 0.4) is 0 Å². The van der Waals surface area contributed by atoms with E-state index in [2.05, 4.69) is 0 Å². The van der Waals surface area contributed by atoms with E-state index in [-0.39, 0.29) is 12.0 Å². The van der Waals surface area contributed by atoms with E-state index in [0.717, 1.165) is 6.07 Å². The lowest BCUT2D eigenvalue weighted by Gasteiger charge is -2.20. The van der Waals surface area contributed by atoms with Gasteiger partial charge in [-0.25, -0.2) is 0 Å². The van der Waals surface area contributed by atoms with Crippen LogP contribution in [0.15, 0.2) is 12.1 Å². The molecule has 0 radical (unpaired) electrons. The normalized spacial score (nSPS) is 12.9. The predicted molar refractivity (Wildman–Crippen MR) is 51.7 cm³/mol. The molecule has 0 aliphatic heterocycles. The smallest absolute Gasteiger partial charge is 0.392 e. The minimum Gasteiger partial charge on any atom is -0.392 e. The fourth-order valence-electron chi connectivity index (χ4n) is 1.80. The Morgan fingerprint density at radius 3 is 1.89 bits per heavy atom. The molecule has 0 atom stereocenters. The molecule has 1 N–H and O–H groups in total. The number of halogens is 6. The highest BCUT2D eigenvalue weighted by molar-refractivity contribution is 5.44. The van der Waals surface area contributed by atoms with Crippen LogP contribution in [0.2, 0.25) is 0 Å². The van der Waals surface area contributed by atoms with E-state index >= 15 is 0 Å². The number of alkyl halides is 6. The van der Waals surface area contributed by atoms with E-state index < -0.39 is 35.6 Å². The molecule has 0 aliphatic rings. The zero-order valence-corrected chi connectivity index (χ0v) is 9.28. The zero-order chi connectivity index (χ0) is 14.1. The lowest BCUT2D eigenvalue weighted by molar-refractivity contribution is -0.162. The second-order valence-electron chi connectivity index (χ2n) is 3.63. The summed E-state index contributed by atoms with van der Waals surface area (Å²) in [6.45, 7) is 0.578. The summed E-state index contributed by atoms with van der Waals surface area (Å²) < 4.78 is 76.0. The first kappa shape index (κ1) is 14.8. The average molecular weight is 272 g/mol. The molecule has 1 rings (SSSR count). The first-order valence-corrected chi connectivity index (χ1v) is 5.03.